The molecule has 2 heterocycles. The molecule has 0 spiro atoms. The third-order valence-corrected chi connectivity index (χ3v) is 4.11. The van der Waals surface area contributed by atoms with Crippen LogP contribution in [-0.2, 0) is 0 Å². The Balaban J connectivity index is 2.23. The minimum Gasteiger partial charge on any atom is -0.476 e. The maximum atomic E-state index is 6.01. The SMILES string of the molecule is CCCOc1ncnc(Sc2ncccc2Br)c1N. The minimum atomic E-state index is 0.423. The van der Waals surface area contributed by atoms with Gasteiger partial charge in [-0.1, -0.05) is 6.92 Å². The lowest BCUT2D eigenvalue weighted by Crippen LogP contribution is -2.03. The van der Waals surface area contributed by atoms with E-state index < -0.39 is 0 Å². The Kier molecular flexibility index (Phi) is 4.98. The predicted octanol–water partition coefficient (Wildman–Crippen LogP) is 3.16. The highest BCUT2D eigenvalue weighted by atomic mass is 79.9. The van der Waals surface area contributed by atoms with E-state index in [1.54, 1.807) is 6.20 Å². The molecule has 2 N–H and O–H groups in total. The Hall–Kier alpha value is -1.34. The van der Waals surface area contributed by atoms with Crippen LogP contribution in [0.1, 0.15) is 13.3 Å². The zero-order chi connectivity index (χ0) is 13.7. The molecular formula is C12H13BrN4OS. The number of ether oxygens (including phenoxy) is 1. The van der Waals surface area contributed by atoms with Crippen molar-refractivity contribution >= 4 is 33.4 Å². The lowest BCUT2D eigenvalue weighted by atomic mass is 10.5. The summed E-state index contributed by atoms with van der Waals surface area (Å²) >= 11 is 4.81. The number of pyridine rings is 1. The van der Waals surface area contributed by atoms with E-state index in [0.29, 0.717) is 23.2 Å². The van der Waals surface area contributed by atoms with Crippen molar-refractivity contribution in [3.05, 3.63) is 29.1 Å². The van der Waals surface area contributed by atoms with E-state index in [2.05, 4.69) is 30.9 Å². The van der Waals surface area contributed by atoms with E-state index >= 15 is 0 Å². The Bertz CT molecular complexity index is 567. The highest BCUT2D eigenvalue weighted by Crippen LogP contribution is 2.35. The van der Waals surface area contributed by atoms with Gasteiger partial charge in [0.15, 0.2) is 0 Å². The number of nitrogens with zero attached hydrogens (tertiary/aromatic N) is 3. The van der Waals surface area contributed by atoms with E-state index in [0.717, 1.165) is 15.9 Å². The fourth-order valence-electron chi connectivity index (χ4n) is 1.30. The molecule has 2 rings (SSSR count). The summed E-state index contributed by atoms with van der Waals surface area (Å²) in [6, 6.07) is 3.77. The molecule has 0 saturated heterocycles. The number of nitrogen functional groups attached to an aromatic ring is 1. The molecule has 100 valence electrons. The zero-order valence-corrected chi connectivity index (χ0v) is 12.7. The summed E-state index contributed by atoms with van der Waals surface area (Å²) in [6.07, 6.45) is 4.07. The van der Waals surface area contributed by atoms with Crippen molar-refractivity contribution in [1.29, 1.82) is 0 Å². The van der Waals surface area contributed by atoms with Gasteiger partial charge in [0.25, 0.3) is 0 Å². The maximum Gasteiger partial charge on any atom is 0.241 e. The Labute approximate surface area is 124 Å². The van der Waals surface area contributed by atoms with Crippen LogP contribution in [-0.4, -0.2) is 21.6 Å². The molecule has 0 amide bonds. The number of hydrogen-bond acceptors (Lipinski definition) is 6. The summed E-state index contributed by atoms with van der Waals surface area (Å²) in [7, 11) is 0. The first kappa shape index (κ1) is 14.1. The van der Waals surface area contributed by atoms with Crippen LogP contribution in [0.4, 0.5) is 5.69 Å². The third kappa shape index (κ3) is 3.57. The molecule has 0 aliphatic heterocycles. The van der Waals surface area contributed by atoms with Crippen LogP contribution in [0.25, 0.3) is 0 Å². The summed E-state index contributed by atoms with van der Waals surface area (Å²) in [5, 5.41) is 1.44. The molecule has 19 heavy (non-hydrogen) atoms. The molecule has 0 saturated carbocycles. The monoisotopic (exact) mass is 340 g/mol. The second-order valence-electron chi connectivity index (χ2n) is 3.64. The van der Waals surface area contributed by atoms with Crippen molar-refractivity contribution in [3.8, 4) is 5.88 Å². The fraction of sp³-hybridized carbons (Fsp3) is 0.250. The summed E-state index contributed by atoms with van der Waals surface area (Å²) in [5.41, 5.74) is 6.45. The van der Waals surface area contributed by atoms with Gasteiger partial charge in [0.05, 0.1) is 11.1 Å². The van der Waals surface area contributed by atoms with Crippen LogP contribution < -0.4 is 10.5 Å². The van der Waals surface area contributed by atoms with Gasteiger partial charge in [0, 0.05) is 6.20 Å². The van der Waals surface area contributed by atoms with Crippen LogP contribution in [0, 0.1) is 0 Å². The van der Waals surface area contributed by atoms with Gasteiger partial charge in [-0.25, -0.2) is 9.97 Å². The number of rotatable bonds is 5. The molecule has 2 aromatic rings. The first-order valence-corrected chi connectivity index (χ1v) is 7.35. The molecule has 0 atom stereocenters. The van der Waals surface area contributed by atoms with Crippen LogP contribution in [0.2, 0.25) is 0 Å². The Morgan fingerprint density at radius 3 is 2.89 bits per heavy atom. The normalized spacial score (nSPS) is 10.4. The average molecular weight is 341 g/mol. The van der Waals surface area contributed by atoms with Gasteiger partial charge in [0.2, 0.25) is 5.88 Å². The number of hydrogen-bond donors (Lipinski definition) is 1. The number of nitrogens with two attached hydrogens (primary N) is 1. The van der Waals surface area contributed by atoms with E-state index in [1.165, 1.54) is 18.1 Å². The number of anilines is 1. The number of halogens is 1. The van der Waals surface area contributed by atoms with E-state index in [9.17, 15) is 0 Å². The molecule has 0 fully saturated rings. The molecule has 0 unspecified atom stereocenters. The molecule has 0 aliphatic carbocycles. The molecule has 0 bridgehead atoms. The fourth-order valence-corrected chi connectivity index (χ4v) is 2.55. The Morgan fingerprint density at radius 2 is 2.16 bits per heavy atom. The third-order valence-electron chi connectivity index (χ3n) is 2.17. The van der Waals surface area contributed by atoms with Gasteiger partial charge in [-0.15, -0.1) is 0 Å². The summed E-state index contributed by atoms with van der Waals surface area (Å²) in [5.74, 6) is 0.423. The quantitative estimate of drug-likeness (QED) is 0.842. The molecule has 7 heteroatoms. The Morgan fingerprint density at radius 1 is 1.32 bits per heavy atom. The first-order valence-electron chi connectivity index (χ1n) is 5.74. The minimum absolute atomic E-state index is 0.423. The van der Waals surface area contributed by atoms with Crippen molar-refractivity contribution < 1.29 is 4.74 Å². The van der Waals surface area contributed by atoms with E-state index in [-0.39, 0.29) is 0 Å². The second kappa shape index (κ2) is 6.72. The van der Waals surface area contributed by atoms with Gasteiger partial charge in [-0.3, -0.25) is 0 Å². The predicted molar refractivity (Wildman–Crippen MR) is 78.3 cm³/mol. The van der Waals surface area contributed by atoms with Crippen LogP contribution in [0.5, 0.6) is 5.88 Å². The van der Waals surface area contributed by atoms with Crippen molar-refractivity contribution in [3.63, 3.8) is 0 Å². The zero-order valence-electron chi connectivity index (χ0n) is 10.3. The van der Waals surface area contributed by atoms with Crippen molar-refractivity contribution in [2.75, 3.05) is 12.3 Å². The molecular weight excluding hydrogens is 328 g/mol. The molecule has 0 aliphatic rings. The van der Waals surface area contributed by atoms with Gasteiger partial charge in [0.1, 0.15) is 22.1 Å². The standard InChI is InChI=1S/C12H13BrN4OS/c1-2-6-18-10-9(14)12(17-7-16-10)19-11-8(13)4-3-5-15-11/h3-5,7H,2,6,14H2,1H3. The van der Waals surface area contributed by atoms with Crippen molar-refractivity contribution in [1.82, 2.24) is 15.0 Å². The van der Waals surface area contributed by atoms with Gasteiger partial charge >= 0.3 is 0 Å². The maximum absolute atomic E-state index is 6.01. The van der Waals surface area contributed by atoms with Crippen LogP contribution in [0.3, 0.4) is 0 Å². The summed E-state index contributed by atoms with van der Waals surface area (Å²) in [6.45, 7) is 2.61. The van der Waals surface area contributed by atoms with Crippen molar-refractivity contribution in [2.45, 2.75) is 23.4 Å². The lowest BCUT2D eigenvalue weighted by Gasteiger charge is -2.09. The van der Waals surface area contributed by atoms with Crippen LogP contribution in [0.15, 0.2) is 39.2 Å². The van der Waals surface area contributed by atoms with E-state index in [4.69, 9.17) is 10.5 Å². The van der Waals surface area contributed by atoms with Crippen LogP contribution >= 0.6 is 27.7 Å². The van der Waals surface area contributed by atoms with Crippen molar-refractivity contribution in [2.24, 2.45) is 0 Å². The topological polar surface area (TPSA) is 73.9 Å². The average Bonchev–Trinajstić information content (AvgIpc) is 2.42. The summed E-state index contributed by atoms with van der Waals surface area (Å²) < 4.78 is 6.37. The highest BCUT2D eigenvalue weighted by Gasteiger charge is 2.12. The highest BCUT2D eigenvalue weighted by molar-refractivity contribution is 9.10. The van der Waals surface area contributed by atoms with Gasteiger partial charge in [-0.05, 0) is 46.2 Å². The molecule has 0 radical (unpaired) electrons. The van der Waals surface area contributed by atoms with Gasteiger partial charge < -0.3 is 10.5 Å². The largest absolute Gasteiger partial charge is 0.476 e. The number of aromatic nitrogens is 3. The second-order valence-corrected chi connectivity index (χ2v) is 5.47. The lowest BCUT2D eigenvalue weighted by molar-refractivity contribution is 0.305. The molecule has 2 aromatic heterocycles. The summed E-state index contributed by atoms with van der Waals surface area (Å²) in [4.78, 5) is 12.5. The molecule has 5 nitrogen and oxygen atoms in total. The smallest absolute Gasteiger partial charge is 0.241 e. The van der Waals surface area contributed by atoms with E-state index in [1.807, 2.05) is 19.1 Å². The first-order chi connectivity index (χ1) is 9.22. The van der Waals surface area contributed by atoms with Gasteiger partial charge in [-0.2, -0.15) is 4.98 Å². The molecule has 0 aromatic carbocycles.